The summed E-state index contributed by atoms with van der Waals surface area (Å²) in [4.78, 5) is 0. The Morgan fingerprint density at radius 2 is 2.00 bits per heavy atom. The normalized spacial score (nSPS) is 29.2. The third kappa shape index (κ3) is 3.31. The van der Waals surface area contributed by atoms with Crippen molar-refractivity contribution in [1.29, 1.82) is 10.5 Å². The van der Waals surface area contributed by atoms with Crippen LogP contribution in [0.4, 0.5) is 0 Å². The van der Waals surface area contributed by atoms with Crippen molar-refractivity contribution in [2.75, 3.05) is 6.61 Å². The van der Waals surface area contributed by atoms with Crippen molar-refractivity contribution >= 4 is 0 Å². The second-order valence-electron chi connectivity index (χ2n) is 4.71. The fraction of sp³-hybridized carbons (Fsp3) is 0.833. The summed E-state index contributed by atoms with van der Waals surface area (Å²) in [5.41, 5.74) is 0. The van der Waals surface area contributed by atoms with Gasteiger partial charge < -0.3 is 9.47 Å². The molecule has 0 aromatic rings. The summed E-state index contributed by atoms with van der Waals surface area (Å²) in [6, 6.07) is 0. The molecule has 1 rings (SSSR count). The molecule has 1 saturated carbocycles. The van der Waals surface area contributed by atoms with Crippen molar-refractivity contribution < 1.29 is 9.47 Å². The molecule has 0 radical (unpaired) electrons. The summed E-state index contributed by atoms with van der Waals surface area (Å²) in [5, 5.41) is 16.9. The minimum atomic E-state index is 0.00675. The molecule has 1 aliphatic carbocycles. The number of ether oxygens (including phenoxy) is 2. The van der Waals surface area contributed by atoms with Gasteiger partial charge >= 0.3 is 0 Å². The second-order valence-corrected chi connectivity index (χ2v) is 4.71. The summed E-state index contributed by atoms with van der Waals surface area (Å²) in [6.45, 7) is 4.83. The highest BCUT2D eigenvalue weighted by atomic mass is 16.5. The predicted octanol–water partition coefficient (Wildman–Crippen LogP) is 2.42. The van der Waals surface area contributed by atoms with Crippen LogP contribution in [-0.4, -0.2) is 12.7 Å². The van der Waals surface area contributed by atoms with Gasteiger partial charge in [0.15, 0.2) is 0 Å². The molecule has 3 atom stereocenters. The highest BCUT2D eigenvalue weighted by Crippen LogP contribution is 2.36. The quantitative estimate of drug-likeness (QED) is 0.685. The van der Waals surface area contributed by atoms with Gasteiger partial charge in [0.2, 0.25) is 0 Å². The molecule has 0 amide bonds. The van der Waals surface area contributed by atoms with Gasteiger partial charge in [-0.25, -0.2) is 0 Å². The summed E-state index contributed by atoms with van der Waals surface area (Å²) < 4.78 is 9.84. The molecular weight excluding hydrogens is 204 g/mol. The van der Waals surface area contributed by atoms with Crippen LogP contribution in [0.2, 0.25) is 0 Å². The number of rotatable bonds is 4. The van der Waals surface area contributed by atoms with Crippen LogP contribution in [0.15, 0.2) is 0 Å². The maximum atomic E-state index is 8.50. The zero-order valence-corrected chi connectivity index (χ0v) is 9.85. The van der Waals surface area contributed by atoms with Crippen LogP contribution in [0.5, 0.6) is 0 Å². The zero-order valence-electron chi connectivity index (χ0n) is 9.85. The molecule has 0 spiro atoms. The van der Waals surface area contributed by atoms with Crippen molar-refractivity contribution in [1.82, 2.24) is 0 Å². The van der Waals surface area contributed by atoms with Gasteiger partial charge in [-0.15, -0.1) is 0 Å². The molecule has 0 aromatic heterocycles. The summed E-state index contributed by atoms with van der Waals surface area (Å²) in [6.07, 6.45) is 6.27. The van der Waals surface area contributed by atoms with E-state index in [0.717, 1.165) is 19.3 Å². The first-order valence-corrected chi connectivity index (χ1v) is 5.74. The van der Waals surface area contributed by atoms with E-state index in [1.165, 1.54) is 0 Å². The van der Waals surface area contributed by atoms with Gasteiger partial charge in [0.05, 0.1) is 0 Å². The maximum Gasteiger partial charge on any atom is 0.286 e. The average molecular weight is 222 g/mol. The Labute approximate surface area is 96.8 Å². The van der Waals surface area contributed by atoms with Crippen LogP contribution >= 0.6 is 0 Å². The van der Waals surface area contributed by atoms with Crippen LogP contribution in [-0.2, 0) is 9.47 Å². The standard InChI is InChI=1S/C12H18N2O2/c1-9(2)12-4-3-11(16-8-14)5-10(12)6-15-7-13/h9-12H,3-6H2,1-2H3. The van der Waals surface area contributed by atoms with Crippen molar-refractivity contribution in [3.05, 3.63) is 0 Å². The van der Waals surface area contributed by atoms with Gasteiger partial charge in [-0.05, 0) is 31.1 Å². The lowest BCUT2D eigenvalue weighted by atomic mass is 9.73. The monoisotopic (exact) mass is 222 g/mol. The van der Waals surface area contributed by atoms with Gasteiger partial charge in [-0.1, -0.05) is 13.8 Å². The fourth-order valence-electron chi connectivity index (χ4n) is 2.64. The van der Waals surface area contributed by atoms with Crippen LogP contribution in [0.25, 0.3) is 0 Å². The van der Waals surface area contributed by atoms with E-state index >= 15 is 0 Å². The molecule has 88 valence electrons. The molecule has 0 aliphatic heterocycles. The van der Waals surface area contributed by atoms with Crippen LogP contribution in [0, 0.1) is 40.8 Å². The first kappa shape index (κ1) is 12.6. The van der Waals surface area contributed by atoms with Crippen molar-refractivity contribution in [3.8, 4) is 12.5 Å². The minimum absolute atomic E-state index is 0.00675. The van der Waals surface area contributed by atoms with Crippen LogP contribution < -0.4 is 0 Å². The van der Waals surface area contributed by atoms with E-state index in [1.54, 1.807) is 12.5 Å². The van der Waals surface area contributed by atoms with E-state index in [1.807, 2.05) is 0 Å². The van der Waals surface area contributed by atoms with Crippen LogP contribution in [0.1, 0.15) is 33.1 Å². The Hall–Kier alpha value is -1.42. The number of nitrogens with zero attached hydrogens (tertiary/aromatic N) is 2. The van der Waals surface area contributed by atoms with E-state index in [2.05, 4.69) is 13.8 Å². The first-order chi connectivity index (χ1) is 7.69. The van der Waals surface area contributed by atoms with E-state index in [-0.39, 0.29) is 6.10 Å². The van der Waals surface area contributed by atoms with E-state index < -0.39 is 0 Å². The molecule has 0 bridgehead atoms. The molecule has 0 saturated heterocycles. The molecular formula is C12H18N2O2. The molecule has 3 unspecified atom stereocenters. The smallest absolute Gasteiger partial charge is 0.286 e. The van der Waals surface area contributed by atoms with Crippen molar-refractivity contribution in [2.45, 2.75) is 39.2 Å². The fourth-order valence-corrected chi connectivity index (χ4v) is 2.64. The highest BCUT2D eigenvalue weighted by molar-refractivity contribution is 4.84. The number of nitriles is 2. The van der Waals surface area contributed by atoms with Gasteiger partial charge in [-0.2, -0.15) is 10.5 Å². The Morgan fingerprint density at radius 3 is 2.56 bits per heavy atom. The van der Waals surface area contributed by atoms with E-state index in [9.17, 15) is 0 Å². The summed E-state index contributed by atoms with van der Waals surface area (Å²) in [5.74, 6) is 1.47. The van der Waals surface area contributed by atoms with Gasteiger partial charge in [-0.3, -0.25) is 0 Å². The molecule has 4 heteroatoms. The average Bonchev–Trinajstić information content (AvgIpc) is 2.26. The van der Waals surface area contributed by atoms with Crippen molar-refractivity contribution in [2.24, 2.45) is 17.8 Å². The summed E-state index contributed by atoms with van der Waals surface area (Å²) in [7, 11) is 0. The lowest BCUT2D eigenvalue weighted by Crippen LogP contribution is -2.34. The number of hydrogen-bond donors (Lipinski definition) is 0. The Balaban J connectivity index is 2.55. The van der Waals surface area contributed by atoms with Gasteiger partial charge in [0, 0.05) is 5.92 Å². The Kier molecular flexibility index (Phi) is 4.92. The molecule has 16 heavy (non-hydrogen) atoms. The van der Waals surface area contributed by atoms with Gasteiger partial charge in [0.25, 0.3) is 12.5 Å². The Bertz CT molecular complexity index is 290. The van der Waals surface area contributed by atoms with E-state index in [4.69, 9.17) is 20.0 Å². The maximum absolute atomic E-state index is 8.50. The zero-order chi connectivity index (χ0) is 12.0. The SMILES string of the molecule is CC(C)C1CCC(OC#N)CC1COC#N. The highest BCUT2D eigenvalue weighted by Gasteiger charge is 2.33. The molecule has 0 aromatic carbocycles. The molecule has 1 fully saturated rings. The topological polar surface area (TPSA) is 66.0 Å². The summed E-state index contributed by atoms with van der Waals surface area (Å²) >= 11 is 0. The Morgan fingerprint density at radius 1 is 1.25 bits per heavy atom. The predicted molar refractivity (Wildman–Crippen MR) is 57.7 cm³/mol. The third-order valence-electron chi connectivity index (χ3n) is 3.43. The van der Waals surface area contributed by atoms with Gasteiger partial charge in [0.1, 0.15) is 12.7 Å². The lowest BCUT2D eigenvalue weighted by molar-refractivity contribution is 0.0216. The van der Waals surface area contributed by atoms with Crippen LogP contribution in [0.3, 0.4) is 0 Å². The van der Waals surface area contributed by atoms with Crippen molar-refractivity contribution in [3.63, 3.8) is 0 Å². The van der Waals surface area contributed by atoms with E-state index in [0.29, 0.717) is 24.4 Å². The molecule has 0 N–H and O–H groups in total. The second kappa shape index (κ2) is 6.23. The molecule has 1 aliphatic rings. The largest absolute Gasteiger partial charge is 0.427 e. The number of hydrogen-bond acceptors (Lipinski definition) is 4. The third-order valence-corrected chi connectivity index (χ3v) is 3.43. The lowest BCUT2D eigenvalue weighted by Gasteiger charge is -2.36. The molecule has 4 nitrogen and oxygen atoms in total. The first-order valence-electron chi connectivity index (χ1n) is 5.74. The minimum Gasteiger partial charge on any atom is -0.427 e. The molecule has 0 heterocycles.